The van der Waals surface area contributed by atoms with Crippen molar-refractivity contribution in [2.24, 2.45) is 5.92 Å². The lowest BCUT2D eigenvalue weighted by Crippen LogP contribution is -2.47. The van der Waals surface area contributed by atoms with Crippen molar-refractivity contribution in [1.82, 2.24) is 20.0 Å². The van der Waals surface area contributed by atoms with Gasteiger partial charge in [0, 0.05) is 30.4 Å². The smallest absolute Gasteiger partial charge is 0.318 e. The molecule has 0 spiro atoms. The lowest BCUT2D eigenvalue weighted by Gasteiger charge is -2.37. The van der Waals surface area contributed by atoms with E-state index in [9.17, 15) is 4.79 Å². The molecule has 1 saturated heterocycles. The SMILES string of the molecule is CC(C)n1cc([C@@H](C)NC(=O)N2CCC[C@H]2C2CCC2)cn1. The fourth-order valence-corrected chi connectivity index (χ4v) is 3.57. The highest BCUT2D eigenvalue weighted by atomic mass is 16.2. The van der Waals surface area contributed by atoms with Crippen molar-refractivity contribution in [1.29, 1.82) is 0 Å². The second-order valence-corrected chi connectivity index (χ2v) is 7.11. The highest BCUT2D eigenvalue weighted by Crippen LogP contribution is 2.37. The van der Waals surface area contributed by atoms with E-state index in [4.69, 9.17) is 0 Å². The molecule has 1 aliphatic heterocycles. The molecule has 1 aromatic heterocycles. The number of amides is 2. The van der Waals surface area contributed by atoms with Crippen LogP contribution in [0, 0.1) is 5.92 Å². The molecule has 0 radical (unpaired) electrons. The molecule has 5 nitrogen and oxygen atoms in total. The first-order valence-electron chi connectivity index (χ1n) is 8.67. The molecule has 22 heavy (non-hydrogen) atoms. The summed E-state index contributed by atoms with van der Waals surface area (Å²) in [5, 5.41) is 7.52. The maximum Gasteiger partial charge on any atom is 0.318 e. The van der Waals surface area contributed by atoms with E-state index in [-0.39, 0.29) is 12.1 Å². The van der Waals surface area contributed by atoms with Crippen molar-refractivity contribution >= 4 is 6.03 Å². The number of aromatic nitrogens is 2. The number of nitrogens with one attached hydrogen (secondary N) is 1. The van der Waals surface area contributed by atoms with E-state index in [0.717, 1.165) is 24.4 Å². The summed E-state index contributed by atoms with van der Waals surface area (Å²) in [5.41, 5.74) is 1.07. The van der Waals surface area contributed by atoms with Crippen LogP contribution in [0.25, 0.3) is 0 Å². The van der Waals surface area contributed by atoms with Gasteiger partial charge < -0.3 is 10.2 Å². The van der Waals surface area contributed by atoms with Crippen LogP contribution in [0.1, 0.15) is 70.5 Å². The summed E-state index contributed by atoms with van der Waals surface area (Å²) in [4.78, 5) is 14.7. The van der Waals surface area contributed by atoms with Crippen LogP contribution in [-0.4, -0.2) is 33.3 Å². The summed E-state index contributed by atoms with van der Waals surface area (Å²) in [7, 11) is 0. The van der Waals surface area contributed by atoms with Gasteiger partial charge in [0.25, 0.3) is 0 Å². The van der Waals surface area contributed by atoms with Gasteiger partial charge in [-0.15, -0.1) is 0 Å². The van der Waals surface area contributed by atoms with Crippen molar-refractivity contribution in [3.8, 4) is 0 Å². The van der Waals surface area contributed by atoms with Crippen LogP contribution in [0.5, 0.6) is 0 Å². The Hall–Kier alpha value is -1.52. The van der Waals surface area contributed by atoms with Crippen LogP contribution in [0.15, 0.2) is 12.4 Å². The molecular weight excluding hydrogens is 276 g/mol. The second-order valence-electron chi connectivity index (χ2n) is 7.11. The minimum atomic E-state index is 0.00244. The van der Waals surface area contributed by atoms with Crippen molar-refractivity contribution in [2.45, 2.75) is 71.0 Å². The number of hydrogen-bond donors (Lipinski definition) is 1. The first-order valence-corrected chi connectivity index (χ1v) is 8.67. The molecule has 0 aromatic carbocycles. The molecule has 122 valence electrons. The van der Waals surface area contributed by atoms with Gasteiger partial charge in [0.1, 0.15) is 0 Å². The third-order valence-electron chi connectivity index (χ3n) is 5.24. The monoisotopic (exact) mass is 304 g/mol. The van der Waals surface area contributed by atoms with E-state index in [1.165, 1.54) is 25.7 Å². The van der Waals surface area contributed by atoms with Crippen LogP contribution in [0.3, 0.4) is 0 Å². The topological polar surface area (TPSA) is 50.2 Å². The van der Waals surface area contributed by atoms with Gasteiger partial charge in [-0.05, 0) is 52.4 Å². The van der Waals surface area contributed by atoms with Crippen molar-refractivity contribution < 1.29 is 4.79 Å². The lowest BCUT2D eigenvalue weighted by atomic mass is 9.79. The minimum Gasteiger partial charge on any atom is -0.331 e. The number of carbonyl (C=O) groups excluding carboxylic acids is 1. The number of hydrogen-bond acceptors (Lipinski definition) is 2. The summed E-state index contributed by atoms with van der Waals surface area (Å²) in [6, 6.07) is 0.916. The van der Waals surface area contributed by atoms with Gasteiger partial charge >= 0.3 is 6.03 Å². The van der Waals surface area contributed by atoms with E-state index in [2.05, 4.69) is 29.2 Å². The average molecular weight is 304 g/mol. The molecule has 2 heterocycles. The maximum absolute atomic E-state index is 12.6. The zero-order valence-corrected chi connectivity index (χ0v) is 14.0. The lowest BCUT2D eigenvalue weighted by molar-refractivity contribution is 0.137. The fourth-order valence-electron chi connectivity index (χ4n) is 3.57. The van der Waals surface area contributed by atoms with E-state index >= 15 is 0 Å². The Balaban J connectivity index is 1.60. The number of urea groups is 1. The highest BCUT2D eigenvalue weighted by molar-refractivity contribution is 5.75. The molecule has 0 unspecified atom stereocenters. The third-order valence-corrected chi connectivity index (χ3v) is 5.24. The number of nitrogens with zero attached hydrogens (tertiary/aromatic N) is 3. The third kappa shape index (κ3) is 2.99. The van der Waals surface area contributed by atoms with Gasteiger partial charge in [0.2, 0.25) is 0 Å². The van der Waals surface area contributed by atoms with Crippen LogP contribution in [-0.2, 0) is 0 Å². The van der Waals surface area contributed by atoms with Crippen LogP contribution in [0.2, 0.25) is 0 Å². The van der Waals surface area contributed by atoms with Crippen LogP contribution in [0.4, 0.5) is 4.79 Å². The second kappa shape index (κ2) is 6.31. The molecule has 2 atom stereocenters. The normalized spacial score (nSPS) is 23.6. The molecule has 2 amide bonds. The van der Waals surface area contributed by atoms with Crippen molar-refractivity contribution in [3.05, 3.63) is 18.0 Å². The van der Waals surface area contributed by atoms with E-state index in [1.807, 2.05) is 24.0 Å². The first-order chi connectivity index (χ1) is 10.6. The standard InChI is InChI=1S/C17H28N4O/c1-12(2)21-11-15(10-18-21)13(3)19-17(22)20-9-5-8-16(20)14-6-4-7-14/h10-14,16H,4-9H2,1-3H3,(H,19,22)/t13-,16+/m1/s1. The number of carbonyl (C=O) groups is 1. The van der Waals surface area contributed by atoms with Gasteiger partial charge in [-0.1, -0.05) is 6.42 Å². The molecule has 1 saturated carbocycles. The van der Waals surface area contributed by atoms with E-state index in [1.54, 1.807) is 0 Å². The molecule has 1 N–H and O–H groups in total. The summed E-state index contributed by atoms with van der Waals surface area (Å²) in [6.45, 7) is 7.15. The van der Waals surface area contributed by atoms with Gasteiger partial charge in [-0.2, -0.15) is 5.10 Å². The zero-order valence-electron chi connectivity index (χ0n) is 14.0. The minimum absolute atomic E-state index is 0.00244. The molecule has 2 aliphatic rings. The van der Waals surface area contributed by atoms with Gasteiger partial charge in [0.05, 0.1) is 12.2 Å². The zero-order chi connectivity index (χ0) is 15.7. The molecule has 1 aliphatic carbocycles. The summed E-state index contributed by atoms with van der Waals surface area (Å²) in [6.07, 6.45) is 10.1. The van der Waals surface area contributed by atoms with Gasteiger partial charge in [0.15, 0.2) is 0 Å². The Morgan fingerprint density at radius 3 is 2.64 bits per heavy atom. The number of rotatable bonds is 4. The predicted molar refractivity (Wildman–Crippen MR) is 86.6 cm³/mol. The molecule has 1 aromatic rings. The Morgan fingerprint density at radius 1 is 1.27 bits per heavy atom. The van der Waals surface area contributed by atoms with Gasteiger partial charge in [-0.3, -0.25) is 4.68 Å². The molecule has 3 rings (SSSR count). The van der Waals surface area contributed by atoms with Crippen molar-refractivity contribution in [2.75, 3.05) is 6.54 Å². The largest absolute Gasteiger partial charge is 0.331 e. The Labute approximate surface area is 133 Å². The molecule has 0 bridgehead atoms. The molecule has 5 heteroatoms. The summed E-state index contributed by atoms with van der Waals surface area (Å²) in [5.74, 6) is 0.743. The molecular formula is C17H28N4O. The van der Waals surface area contributed by atoms with Crippen LogP contribution < -0.4 is 5.32 Å². The summed E-state index contributed by atoms with van der Waals surface area (Å²) >= 11 is 0. The van der Waals surface area contributed by atoms with E-state index < -0.39 is 0 Å². The maximum atomic E-state index is 12.6. The fraction of sp³-hybridized carbons (Fsp3) is 0.765. The number of likely N-dealkylation sites (tertiary alicyclic amines) is 1. The molecule has 2 fully saturated rings. The quantitative estimate of drug-likeness (QED) is 0.925. The predicted octanol–water partition coefficient (Wildman–Crippen LogP) is 3.50. The summed E-state index contributed by atoms with van der Waals surface area (Å²) < 4.78 is 1.94. The van der Waals surface area contributed by atoms with Crippen LogP contribution >= 0.6 is 0 Å². The van der Waals surface area contributed by atoms with E-state index in [0.29, 0.717) is 12.1 Å². The Bertz CT molecular complexity index is 520. The Morgan fingerprint density at radius 2 is 2.05 bits per heavy atom. The first kappa shape index (κ1) is 15.4. The van der Waals surface area contributed by atoms with Gasteiger partial charge in [-0.25, -0.2) is 4.79 Å². The van der Waals surface area contributed by atoms with Crippen molar-refractivity contribution in [3.63, 3.8) is 0 Å². The Kier molecular flexibility index (Phi) is 4.41. The average Bonchev–Trinajstić information content (AvgIpc) is 3.05. The highest BCUT2D eigenvalue weighted by Gasteiger charge is 2.37.